The highest BCUT2D eigenvalue weighted by Gasteiger charge is 2.15. The van der Waals surface area contributed by atoms with Crippen molar-refractivity contribution in [2.45, 2.75) is 11.8 Å². The third-order valence-corrected chi connectivity index (χ3v) is 5.49. The number of pyridine rings is 1. The summed E-state index contributed by atoms with van der Waals surface area (Å²) in [6, 6.07) is 9.11. The van der Waals surface area contributed by atoms with Crippen LogP contribution in [0.2, 0.25) is 0 Å². The molecule has 0 aliphatic rings. The summed E-state index contributed by atoms with van der Waals surface area (Å²) in [6.07, 6.45) is 3.27. The smallest absolute Gasteiger partial charge is 0.180 e. The molecule has 0 spiro atoms. The van der Waals surface area contributed by atoms with Crippen molar-refractivity contribution in [3.05, 3.63) is 48.4 Å². The van der Waals surface area contributed by atoms with Crippen molar-refractivity contribution >= 4 is 33.1 Å². The number of nitrogens with zero attached hydrogens (tertiary/aromatic N) is 2. The van der Waals surface area contributed by atoms with Crippen LogP contribution in [0.25, 0.3) is 10.4 Å². The molecule has 3 rings (SSSR count). The van der Waals surface area contributed by atoms with Gasteiger partial charge in [0.15, 0.2) is 16.1 Å². The maximum Gasteiger partial charge on any atom is 0.180 e. The molecule has 3 aromatic rings. The highest BCUT2D eigenvalue weighted by molar-refractivity contribution is 7.86. The van der Waals surface area contributed by atoms with E-state index in [0.717, 1.165) is 16.1 Å². The van der Waals surface area contributed by atoms with E-state index in [0.29, 0.717) is 21.5 Å². The van der Waals surface area contributed by atoms with Crippen LogP contribution in [-0.2, 0) is 11.0 Å². The van der Waals surface area contributed by atoms with E-state index in [1.54, 1.807) is 37.7 Å². The predicted molar refractivity (Wildman–Crippen MR) is 97.5 cm³/mol. The maximum atomic E-state index is 12.7. The fraction of sp³-hybridized carbons (Fsp3) is 0.125. The number of ether oxygens (including phenoxy) is 1. The van der Waals surface area contributed by atoms with Gasteiger partial charge in [-0.1, -0.05) is 11.3 Å². The molecule has 1 unspecified atom stereocenters. The lowest BCUT2D eigenvalue weighted by Crippen LogP contribution is -2.06. The number of nitrogen functional groups attached to an aromatic ring is 1. The molecule has 0 radical (unpaired) electrons. The summed E-state index contributed by atoms with van der Waals surface area (Å²) in [5.74, 6) is 0.545. The Hall–Kier alpha value is -2.45. The molecule has 0 aliphatic carbocycles. The van der Waals surface area contributed by atoms with E-state index in [1.807, 2.05) is 19.1 Å². The number of hydrogen-bond acceptors (Lipinski definition) is 6. The Morgan fingerprint density at radius 2 is 2.17 bits per heavy atom. The molecule has 124 valence electrons. The van der Waals surface area contributed by atoms with Gasteiger partial charge in [0, 0.05) is 6.20 Å². The van der Waals surface area contributed by atoms with E-state index in [-0.39, 0.29) is 0 Å². The first kappa shape index (κ1) is 16.4. The Balaban J connectivity index is 1.98. The van der Waals surface area contributed by atoms with Gasteiger partial charge >= 0.3 is 0 Å². The molecule has 0 aliphatic heterocycles. The Morgan fingerprint density at radius 1 is 1.33 bits per heavy atom. The molecule has 2 heterocycles. The second-order valence-corrected chi connectivity index (χ2v) is 7.16. The SMILES string of the molecule is COc1ccc(-c2sc(N)nc2C)cc1S(=O)Nc1cccnc1. The molecule has 2 aromatic heterocycles. The fourth-order valence-corrected chi connectivity index (χ4v) is 4.08. The van der Waals surface area contributed by atoms with Gasteiger partial charge < -0.3 is 10.5 Å². The number of aromatic nitrogens is 2. The van der Waals surface area contributed by atoms with Gasteiger partial charge in [0.05, 0.1) is 29.6 Å². The molecular weight excluding hydrogens is 344 g/mol. The molecule has 8 heteroatoms. The lowest BCUT2D eigenvalue weighted by Gasteiger charge is -2.11. The zero-order valence-electron chi connectivity index (χ0n) is 13.1. The highest BCUT2D eigenvalue weighted by atomic mass is 32.2. The van der Waals surface area contributed by atoms with Crippen LogP contribution in [0, 0.1) is 6.92 Å². The number of methoxy groups -OCH3 is 1. The van der Waals surface area contributed by atoms with Gasteiger partial charge in [0.1, 0.15) is 10.6 Å². The summed E-state index contributed by atoms with van der Waals surface area (Å²) in [7, 11) is 0.0596. The molecule has 1 aromatic carbocycles. The number of thiazole rings is 1. The zero-order chi connectivity index (χ0) is 17.1. The molecular formula is C16H16N4O2S2. The third-order valence-electron chi connectivity index (χ3n) is 3.31. The molecule has 3 N–H and O–H groups in total. The van der Waals surface area contributed by atoms with Gasteiger partial charge in [-0.3, -0.25) is 9.71 Å². The third kappa shape index (κ3) is 3.39. The predicted octanol–water partition coefficient (Wildman–Crippen LogP) is 3.24. The summed E-state index contributed by atoms with van der Waals surface area (Å²) in [5, 5.41) is 0.509. The van der Waals surface area contributed by atoms with Crippen molar-refractivity contribution < 1.29 is 8.95 Å². The van der Waals surface area contributed by atoms with E-state index in [2.05, 4.69) is 14.7 Å². The normalized spacial score (nSPS) is 11.9. The first-order valence-electron chi connectivity index (χ1n) is 7.08. The minimum atomic E-state index is -1.49. The second-order valence-electron chi connectivity index (χ2n) is 4.94. The van der Waals surface area contributed by atoms with Crippen LogP contribution < -0.4 is 15.2 Å². The summed E-state index contributed by atoms with van der Waals surface area (Å²) >= 11 is 1.40. The molecule has 1 atom stereocenters. The Kier molecular flexibility index (Phi) is 4.77. The minimum absolute atomic E-state index is 0.509. The summed E-state index contributed by atoms with van der Waals surface area (Å²) < 4.78 is 21.0. The van der Waals surface area contributed by atoms with Crippen molar-refractivity contribution in [1.82, 2.24) is 9.97 Å². The van der Waals surface area contributed by atoms with Gasteiger partial charge in [-0.2, -0.15) is 0 Å². The van der Waals surface area contributed by atoms with Crippen molar-refractivity contribution in [1.29, 1.82) is 0 Å². The van der Waals surface area contributed by atoms with Crippen molar-refractivity contribution in [2.24, 2.45) is 0 Å². The van der Waals surface area contributed by atoms with Crippen molar-refractivity contribution in [3.8, 4) is 16.2 Å². The van der Waals surface area contributed by atoms with Crippen LogP contribution in [0.4, 0.5) is 10.8 Å². The molecule has 0 saturated carbocycles. The van der Waals surface area contributed by atoms with Crippen molar-refractivity contribution in [2.75, 3.05) is 17.6 Å². The molecule has 0 fully saturated rings. The van der Waals surface area contributed by atoms with E-state index in [9.17, 15) is 4.21 Å². The van der Waals surface area contributed by atoms with E-state index < -0.39 is 11.0 Å². The van der Waals surface area contributed by atoms with Crippen LogP contribution in [0.5, 0.6) is 5.75 Å². The molecule has 6 nitrogen and oxygen atoms in total. The van der Waals surface area contributed by atoms with Crippen molar-refractivity contribution in [3.63, 3.8) is 0 Å². The van der Waals surface area contributed by atoms with Gasteiger partial charge in [-0.15, -0.1) is 0 Å². The zero-order valence-corrected chi connectivity index (χ0v) is 14.8. The molecule has 24 heavy (non-hydrogen) atoms. The maximum absolute atomic E-state index is 12.7. The van der Waals surface area contributed by atoms with Gasteiger partial charge in [-0.05, 0) is 42.8 Å². The lowest BCUT2D eigenvalue weighted by atomic mass is 10.1. The number of nitrogens with one attached hydrogen (secondary N) is 1. The van der Waals surface area contributed by atoms with Gasteiger partial charge in [0.25, 0.3) is 0 Å². The number of rotatable bonds is 5. The van der Waals surface area contributed by atoms with Crippen LogP contribution in [-0.4, -0.2) is 21.3 Å². The van der Waals surface area contributed by atoms with Crippen LogP contribution in [0.3, 0.4) is 0 Å². The molecule has 0 saturated heterocycles. The van der Waals surface area contributed by atoms with E-state index in [1.165, 1.54) is 11.3 Å². The average Bonchev–Trinajstić information content (AvgIpc) is 2.93. The quantitative estimate of drug-likeness (QED) is 0.729. The number of benzene rings is 1. The van der Waals surface area contributed by atoms with Crippen LogP contribution >= 0.6 is 11.3 Å². The number of hydrogen-bond donors (Lipinski definition) is 2. The lowest BCUT2D eigenvalue weighted by molar-refractivity contribution is 0.404. The second kappa shape index (κ2) is 6.98. The Labute approximate surface area is 146 Å². The fourth-order valence-electron chi connectivity index (χ4n) is 2.23. The first-order chi connectivity index (χ1) is 11.6. The first-order valence-corrected chi connectivity index (χ1v) is 9.05. The minimum Gasteiger partial charge on any atom is -0.495 e. The standard InChI is InChI=1S/C16H16N4O2S2/c1-10-15(23-16(17)19-10)11-5-6-13(22-2)14(8-11)24(21)20-12-4-3-7-18-9-12/h3-9,20H,1-2H3,(H2,17,19). The number of anilines is 2. The van der Waals surface area contributed by atoms with E-state index >= 15 is 0 Å². The topological polar surface area (TPSA) is 90.1 Å². The molecule has 0 bridgehead atoms. The number of nitrogens with two attached hydrogens (primary N) is 1. The van der Waals surface area contributed by atoms with Crippen LogP contribution in [0.15, 0.2) is 47.6 Å². The largest absolute Gasteiger partial charge is 0.495 e. The van der Waals surface area contributed by atoms with E-state index in [4.69, 9.17) is 10.5 Å². The Morgan fingerprint density at radius 3 is 2.79 bits per heavy atom. The monoisotopic (exact) mass is 360 g/mol. The van der Waals surface area contributed by atoms with Gasteiger partial charge in [0.2, 0.25) is 0 Å². The Bertz CT molecular complexity index is 881. The number of aryl methyl sites for hydroxylation is 1. The van der Waals surface area contributed by atoms with Crippen LogP contribution in [0.1, 0.15) is 5.69 Å². The average molecular weight is 360 g/mol. The summed E-state index contributed by atoms with van der Waals surface area (Å²) in [4.78, 5) is 9.74. The summed E-state index contributed by atoms with van der Waals surface area (Å²) in [5.41, 5.74) is 8.19. The molecule has 0 amide bonds. The summed E-state index contributed by atoms with van der Waals surface area (Å²) in [6.45, 7) is 1.90. The van der Waals surface area contributed by atoms with Gasteiger partial charge in [-0.25, -0.2) is 9.19 Å². The highest BCUT2D eigenvalue weighted by Crippen LogP contribution is 2.35.